The zero-order valence-electron chi connectivity index (χ0n) is 11.4. The molecule has 19 heavy (non-hydrogen) atoms. The van der Waals surface area contributed by atoms with E-state index >= 15 is 0 Å². The van der Waals surface area contributed by atoms with Crippen molar-refractivity contribution >= 4 is 5.78 Å². The normalized spacial score (nSPS) is 29.1. The third-order valence-electron chi connectivity index (χ3n) is 3.78. The number of fused-ring (bicyclic) bond motifs is 3. The van der Waals surface area contributed by atoms with Gasteiger partial charge in [0.2, 0.25) is 5.78 Å². The van der Waals surface area contributed by atoms with Crippen LogP contribution in [-0.4, -0.2) is 22.8 Å². The molecule has 0 saturated carbocycles. The maximum atomic E-state index is 12.2. The largest absolute Gasteiger partial charge is 0.481 e. The van der Waals surface area contributed by atoms with E-state index in [2.05, 4.69) is 0 Å². The minimum atomic E-state index is -1.14. The Kier molecular flexibility index (Phi) is 2.69. The minimum Gasteiger partial charge on any atom is -0.481 e. The first-order valence-electron chi connectivity index (χ1n) is 6.61. The maximum Gasteiger partial charge on any atom is 0.207 e. The highest BCUT2D eigenvalue weighted by atomic mass is 16.6. The van der Waals surface area contributed by atoms with E-state index in [4.69, 9.17) is 9.47 Å². The summed E-state index contributed by atoms with van der Waals surface area (Å²) in [6, 6.07) is 3.70. The van der Waals surface area contributed by atoms with Gasteiger partial charge in [-0.25, -0.2) is 0 Å². The van der Waals surface area contributed by atoms with Crippen LogP contribution in [0.2, 0.25) is 0 Å². The Balaban J connectivity index is 2.04. The number of hydrogen-bond donors (Lipinski definition) is 1. The summed E-state index contributed by atoms with van der Waals surface area (Å²) in [5, 5.41) is 9.93. The second-order valence-corrected chi connectivity index (χ2v) is 5.87. The van der Waals surface area contributed by atoms with Crippen molar-refractivity contribution in [1.29, 1.82) is 0 Å². The number of ketones is 1. The number of hydrogen-bond acceptors (Lipinski definition) is 4. The monoisotopic (exact) mass is 262 g/mol. The predicted octanol–water partition coefficient (Wildman–Crippen LogP) is 2.07. The van der Waals surface area contributed by atoms with E-state index < -0.39 is 11.9 Å². The lowest BCUT2D eigenvalue weighted by molar-refractivity contribution is -0.204. The zero-order valence-corrected chi connectivity index (χ0v) is 11.4. The topological polar surface area (TPSA) is 55.8 Å². The Morgan fingerprint density at radius 3 is 2.84 bits per heavy atom. The molecule has 0 bridgehead atoms. The number of ether oxygens (including phenoxy) is 2. The Bertz CT molecular complexity index is 545. The van der Waals surface area contributed by atoms with Crippen molar-refractivity contribution in [2.75, 3.05) is 0 Å². The van der Waals surface area contributed by atoms with Gasteiger partial charge in [-0.05, 0) is 24.5 Å². The molecular weight excluding hydrogens is 244 g/mol. The molecule has 2 atom stereocenters. The lowest BCUT2D eigenvalue weighted by Gasteiger charge is -2.31. The van der Waals surface area contributed by atoms with Gasteiger partial charge in [0, 0.05) is 12.0 Å². The van der Waals surface area contributed by atoms with Crippen LogP contribution in [0, 0.1) is 5.92 Å². The number of carbonyl (C=O) groups is 1. The van der Waals surface area contributed by atoms with Gasteiger partial charge in [0.05, 0.1) is 12.2 Å². The van der Waals surface area contributed by atoms with Gasteiger partial charge in [-0.15, -0.1) is 0 Å². The summed E-state index contributed by atoms with van der Waals surface area (Å²) in [6.07, 6.45) is 0.0170. The van der Waals surface area contributed by atoms with Gasteiger partial charge >= 0.3 is 0 Å². The predicted molar refractivity (Wildman–Crippen MR) is 69.1 cm³/mol. The average Bonchev–Trinajstić information content (AvgIpc) is 2.65. The van der Waals surface area contributed by atoms with Crippen molar-refractivity contribution in [3.63, 3.8) is 0 Å². The highest BCUT2D eigenvalue weighted by Crippen LogP contribution is 2.40. The molecule has 0 unspecified atom stereocenters. The Labute approximate surface area is 112 Å². The third-order valence-corrected chi connectivity index (χ3v) is 3.78. The highest BCUT2D eigenvalue weighted by Gasteiger charge is 2.39. The van der Waals surface area contributed by atoms with Gasteiger partial charge in [-0.3, -0.25) is 4.79 Å². The summed E-state index contributed by atoms with van der Waals surface area (Å²) in [7, 11) is 0. The number of benzene rings is 1. The van der Waals surface area contributed by atoms with E-state index in [1.807, 2.05) is 19.9 Å². The molecule has 1 aromatic carbocycles. The SMILES string of the molecule is CC(C)[C@H]1Oc2c(ccc3c2CO[C@@](C)(O)C3)C1=O. The van der Waals surface area contributed by atoms with Gasteiger partial charge in [0.1, 0.15) is 5.75 Å². The van der Waals surface area contributed by atoms with Crippen LogP contribution in [0.5, 0.6) is 5.75 Å². The highest BCUT2D eigenvalue weighted by molar-refractivity contribution is 6.05. The van der Waals surface area contributed by atoms with E-state index in [0.717, 1.165) is 11.1 Å². The summed E-state index contributed by atoms with van der Waals surface area (Å²) >= 11 is 0. The van der Waals surface area contributed by atoms with Gasteiger partial charge in [-0.2, -0.15) is 0 Å². The van der Waals surface area contributed by atoms with Gasteiger partial charge in [-0.1, -0.05) is 19.9 Å². The van der Waals surface area contributed by atoms with E-state index in [-0.39, 0.29) is 18.3 Å². The van der Waals surface area contributed by atoms with Gasteiger partial charge < -0.3 is 14.6 Å². The molecule has 0 radical (unpaired) electrons. The van der Waals surface area contributed by atoms with Crippen LogP contribution < -0.4 is 4.74 Å². The summed E-state index contributed by atoms with van der Waals surface area (Å²) in [6.45, 7) is 5.88. The summed E-state index contributed by atoms with van der Waals surface area (Å²) < 4.78 is 11.2. The van der Waals surface area contributed by atoms with E-state index in [1.165, 1.54) is 0 Å². The average molecular weight is 262 g/mol. The fourth-order valence-electron chi connectivity index (χ4n) is 2.73. The summed E-state index contributed by atoms with van der Waals surface area (Å²) in [4.78, 5) is 12.2. The Hall–Kier alpha value is -1.39. The zero-order chi connectivity index (χ0) is 13.8. The number of Topliss-reactive ketones (excluding diaryl/α,β-unsaturated/α-hetero) is 1. The van der Waals surface area contributed by atoms with Gasteiger partial charge in [0.15, 0.2) is 11.9 Å². The van der Waals surface area contributed by atoms with Crippen molar-refractivity contribution in [3.05, 3.63) is 28.8 Å². The van der Waals surface area contributed by atoms with E-state index in [0.29, 0.717) is 17.7 Å². The summed E-state index contributed by atoms with van der Waals surface area (Å²) in [5.41, 5.74) is 2.54. The first kappa shape index (κ1) is 12.6. The van der Waals surface area contributed by atoms with E-state index in [1.54, 1.807) is 13.0 Å². The van der Waals surface area contributed by atoms with E-state index in [9.17, 15) is 9.90 Å². The van der Waals surface area contributed by atoms with Crippen LogP contribution in [0.1, 0.15) is 42.3 Å². The fraction of sp³-hybridized carbons (Fsp3) is 0.533. The first-order valence-corrected chi connectivity index (χ1v) is 6.61. The van der Waals surface area contributed by atoms with Crippen LogP contribution in [0.3, 0.4) is 0 Å². The van der Waals surface area contributed by atoms with Crippen molar-refractivity contribution < 1.29 is 19.4 Å². The molecule has 0 aromatic heterocycles. The minimum absolute atomic E-state index is 0.0464. The van der Waals surface area contributed by atoms with Crippen molar-refractivity contribution in [1.82, 2.24) is 0 Å². The lowest BCUT2D eigenvalue weighted by Crippen LogP contribution is -2.35. The molecule has 0 spiro atoms. The van der Waals surface area contributed by atoms with Crippen molar-refractivity contribution in [2.24, 2.45) is 5.92 Å². The smallest absolute Gasteiger partial charge is 0.207 e. The Morgan fingerprint density at radius 2 is 2.16 bits per heavy atom. The first-order chi connectivity index (χ1) is 8.89. The second kappa shape index (κ2) is 4.05. The molecule has 0 fully saturated rings. The van der Waals surface area contributed by atoms with Crippen LogP contribution in [0.15, 0.2) is 12.1 Å². The molecule has 1 N–H and O–H groups in total. The molecule has 0 aliphatic carbocycles. The van der Waals surface area contributed by atoms with Crippen LogP contribution in [0.25, 0.3) is 0 Å². The molecule has 1 aromatic rings. The number of carbonyl (C=O) groups excluding carboxylic acids is 1. The maximum absolute atomic E-state index is 12.2. The molecule has 102 valence electrons. The molecule has 3 rings (SSSR count). The van der Waals surface area contributed by atoms with Gasteiger partial charge in [0.25, 0.3) is 0 Å². The quantitative estimate of drug-likeness (QED) is 0.841. The van der Waals surface area contributed by atoms with Crippen molar-refractivity contribution in [2.45, 2.75) is 45.7 Å². The molecule has 0 amide bonds. The molecular formula is C15H18O4. The molecule has 4 nitrogen and oxygen atoms in total. The van der Waals surface area contributed by atoms with Crippen LogP contribution in [-0.2, 0) is 17.8 Å². The summed E-state index contributed by atoms with van der Waals surface area (Å²) in [5.74, 6) is -0.300. The fourth-order valence-corrected chi connectivity index (χ4v) is 2.73. The lowest BCUT2D eigenvalue weighted by atomic mass is 9.93. The molecule has 2 aliphatic heterocycles. The van der Waals surface area contributed by atoms with Crippen molar-refractivity contribution in [3.8, 4) is 5.75 Å². The standard InChI is InChI=1S/C15H18O4/c1-8(2)13-12(16)10-5-4-9-6-15(3,17)18-7-11(9)14(10)19-13/h4-5,8,13,17H,6-7H2,1-3H3/t13-,15-/m1/s1. The molecule has 2 aliphatic rings. The number of rotatable bonds is 1. The third kappa shape index (κ3) is 1.95. The van der Waals surface area contributed by atoms with Crippen LogP contribution in [0.4, 0.5) is 0 Å². The molecule has 4 heteroatoms. The van der Waals surface area contributed by atoms with Crippen LogP contribution >= 0.6 is 0 Å². The molecule has 0 saturated heterocycles. The number of aliphatic hydroxyl groups is 1. The second-order valence-electron chi connectivity index (χ2n) is 5.87. The Morgan fingerprint density at radius 1 is 1.42 bits per heavy atom. The molecule has 2 heterocycles.